The third-order valence-corrected chi connectivity index (χ3v) is 2.14. The Bertz CT molecular complexity index is 165. The van der Waals surface area contributed by atoms with Crippen molar-refractivity contribution >= 4 is 6.09 Å². The molecule has 0 aromatic carbocycles. The van der Waals surface area contributed by atoms with Gasteiger partial charge in [-0.05, 0) is 26.4 Å². The van der Waals surface area contributed by atoms with Gasteiger partial charge in [0.2, 0.25) is 0 Å². The molecule has 0 aliphatic rings. The highest BCUT2D eigenvalue weighted by Gasteiger charge is 1.99. The minimum Gasteiger partial charge on any atom is -0.447 e. The van der Waals surface area contributed by atoms with E-state index in [1.54, 1.807) is 7.11 Å². The second kappa shape index (κ2) is 12.3. The van der Waals surface area contributed by atoms with Crippen molar-refractivity contribution in [3.8, 4) is 0 Å². The maximum absolute atomic E-state index is 11.1. The Kier molecular flexibility index (Phi) is 11.6. The van der Waals surface area contributed by atoms with E-state index < -0.39 is 0 Å². The first-order valence-electron chi connectivity index (χ1n) is 5.85. The van der Waals surface area contributed by atoms with Crippen LogP contribution in [0.3, 0.4) is 0 Å². The van der Waals surface area contributed by atoms with Crippen LogP contribution in [0, 0.1) is 0 Å². The van der Waals surface area contributed by atoms with E-state index in [4.69, 9.17) is 9.47 Å². The minimum atomic E-state index is -0.354. The summed E-state index contributed by atoms with van der Waals surface area (Å²) in [6.45, 7) is 2.50. The molecular formula is C11H24N2O3. The molecule has 0 saturated carbocycles. The molecule has 16 heavy (non-hydrogen) atoms. The van der Waals surface area contributed by atoms with Crippen molar-refractivity contribution < 1.29 is 14.3 Å². The van der Waals surface area contributed by atoms with E-state index in [9.17, 15) is 4.79 Å². The number of methoxy groups -OCH3 is 1. The van der Waals surface area contributed by atoms with Gasteiger partial charge in [0, 0.05) is 13.7 Å². The van der Waals surface area contributed by atoms with Gasteiger partial charge in [-0.25, -0.2) is 4.79 Å². The number of unbranched alkanes of at least 4 members (excludes halogenated alkanes) is 3. The van der Waals surface area contributed by atoms with E-state index in [2.05, 4.69) is 10.6 Å². The first-order chi connectivity index (χ1) is 7.81. The van der Waals surface area contributed by atoms with Crippen molar-refractivity contribution in [2.75, 3.05) is 40.5 Å². The lowest BCUT2D eigenvalue weighted by Gasteiger charge is -2.06. The molecule has 0 spiro atoms. The average Bonchev–Trinajstić information content (AvgIpc) is 2.28. The summed E-state index contributed by atoms with van der Waals surface area (Å²) in [5, 5.41) is 5.80. The highest BCUT2D eigenvalue weighted by molar-refractivity contribution is 5.66. The molecule has 0 atom stereocenters. The van der Waals surface area contributed by atoms with Crippen LogP contribution in [-0.4, -0.2) is 46.6 Å². The Morgan fingerprint density at radius 1 is 1.06 bits per heavy atom. The molecule has 0 saturated heterocycles. The fourth-order valence-electron chi connectivity index (χ4n) is 1.24. The van der Waals surface area contributed by atoms with E-state index >= 15 is 0 Å². The van der Waals surface area contributed by atoms with Crippen LogP contribution in [0.2, 0.25) is 0 Å². The van der Waals surface area contributed by atoms with Crippen LogP contribution in [0.25, 0.3) is 0 Å². The van der Waals surface area contributed by atoms with E-state index in [0.29, 0.717) is 19.8 Å². The van der Waals surface area contributed by atoms with Crippen molar-refractivity contribution in [3.63, 3.8) is 0 Å². The van der Waals surface area contributed by atoms with Gasteiger partial charge >= 0.3 is 6.09 Å². The Hall–Kier alpha value is -0.810. The fraction of sp³-hybridized carbons (Fsp3) is 0.909. The largest absolute Gasteiger partial charge is 0.447 e. The number of rotatable bonds is 10. The highest BCUT2D eigenvalue weighted by Crippen LogP contribution is 1.97. The molecular weight excluding hydrogens is 208 g/mol. The van der Waals surface area contributed by atoms with Gasteiger partial charge in [-0.1, -0.05) is 12.8 Å². The summed E-state index contributed by atoms with van der Waals surface area (Å²) in [4.78, 5) is 11.1. The Morgan fingerprint density at radius 3 is 2.38 bits per heavy atom. The zero-order valence-electron chi connectivity index (χ0n) is 10.4. The number of amides is 1. The summed E-state index contributed by atoms with van der Waals surface area (Å²) >= 11 is 0. The zero-order valence-corrected chi connectivity index (χ0v) is 10.4. The molecule has 0 rings (SSSR count). The fourth-order valence-corrected chi connectivity index (χ4v) is 1.24. The predicted octanol–water partition coefficient (Wildman–Crippen LogP) is 1.14. The maximum Gasteiger partial charge on any atom is 0.407 e. The molecule has 0 aliphatic carbocycles. The molecule has 0 aliphatic heterocycles. The van der Waals surface area contributed by atoms with Crippen molar-refractivity contribution in [1.82, 2.24) is 10.6 Å². The second-order valence-corrected chi connectivity index (χ2v) is 3.57. The molecule has 1 amide bonds. The Balaban J connectivity index is 3.09. The predicted molar refractivity (Wildman–Crippen MR) is 63.6 cm³/mol. The lowest BCUT2D eigenvalue weighted by molar-refractivity contribution is 0.0985. The van der Waals surface area contributed by atoms with Crippen LogP contribution in [0.5, 0.6) is 0 Å². The second-order valence-electron chi connectivity index (χ2n) is 3.57. The van der Waals surface area contributed by atoms with E-state index in [0.717, 1.165) is 19.4 Å². The molecule has 5 heteroatoms. The number of nitrogens with one attached hydrogen (secondary N) is 2. The van der Waals surface area contributed by atoms with Gasteiger partial charge in [0.1, 0.15) is 6.61 Å². The van der Waals surface area contributed by atoms with E-state index in [-0.39, 0.29) is 6.09 Å². The Morgan fingerprint density at radius 2 is 1.75 bits per heavy atom. The quantitative estimate of drug-likeness (QED) is 0.555. The first-order valence-corrected chi connectivity index (χ1v) is 5.85. The van der Waals surface area contributed by atoms with Crippen LogP contribution in [0.1, 0.15) is 25.7 Å². The van der Waals surface area contributed by atoms with E-state index in [1.807, 2.05) is 7.05 Å². The van der Waals surface area contributed by atoms with Crippen LogP contribution in [0.15, 0.2) is 0 Å². The number of hydrogen-bond donors (Lipinski definition) is 2. The van der Waals surface area contributed by atoms with E-state index in [1.165, 1.54) is 12.8 Å². The van der Waals surface area contributed by atoms with Gasteiger partial charge in [0.05, 0.1) is 6.61 Å². The molecule has 0 bridgehead atoms. The normalized spacial score (nSPS) is 10.1. The van der Waals surface area contributed by atoms with Crippen LogP contribution >= 0.6 is 0 Å². The molecule has 0 heterocycles. The van der Waals surface area contributed by atoms with Crippen molar-refractivity contribution in [3.05, 3.63) is 0 Å². The molecule has 0 fully saturated rings. The maximum atomic E-state index is 11.1. The van der Waals surface area contributed by atoms with Gasteiger partial charge in [-0.3, -0.25) is 0 Å². The van der Waals surface area contributed by atoms with Gasteiger partial charge < -0.3 is 20.1 Å². The number of hydrogen-bond acceptors (Lipinski definition) is 4. The van der Waals surface area contributed by atoms with Crippen molar-refractivity contribution in [2.24, 2.45) is 0 Å². The number of ether oxygens (including phenoxy) is 2. The van der Waals surface area contributed by atoms with Crippen molar-refractivity contribution in [2.45, 2.75) is 25.7 Å². The van der Waals surface area contributed by atoms with Gasteiger partial charge in [-0.15, -0.1) is 0 Å². The molecule has 0 aromatic rings. The summed E-state index contributed by atoms with van der Waals surface area (Å²) in [6.07, 6.45) is 4.17. The topological polar surface area (TPSA) is 59.6 Å². The van der Waals surface area contributed by atoms with Gasteiger partial charge in [0.25, 0.3) is 0 Å². The highest BCUT2D eigenvalue weighted by atomic mass is 16.6. The first kappa shape index (κ1) is 15.2. The minimum absolute atomic E-state index is 0.310. The smallest absolute Gasteiger partial charge is 0.407 e. The summed E-state index contributed by atoms with van der Waals surface area (Å²) in [5.74, 6) is 0. The number of alkyl carbamates (subject to hydrolysis) is 1. The number of carbonyl (C=O) groups excluding carboxylic acids is 1. The monoisotopic (exact) mass is 232 g/mol. The molecule has 0 unspecified atom stereocenters. The average molecular weight is 232 g/mol. The molecule has 0 radical (unpaired) electrons. The van der Waals surface area contributed by atoms with Gasteiger partial charge in [-0.2, -0.15) is 0 Å². The van der Waals surface area contributed by atoms with Crippen LogP contribution in [0.4, 0.5) is 4.79 Å². The third kappa shape index (κ3) is 11.3. The SMILES string of the molecule is CNCCCCCCNC(=O)OCCOC. The standard InChI is InChI=1S/C11H24N2O3/c1-12-7-5-3-4-6-8-13-11(14)16-10-9-15-2/h12H,3-10H2,1-2H3,(H,13,14). The lowest BCUT2D eigenvalue weighted by Crippen LogP contribution is -2.26. The molecule has 2 N–H and O–H groups in total. The van der Waals surface area contributed by atoms with Gasteiger partial charge in [0.15, 0.2) is 0 Å². The number of carbonyl (C=O) groups is 1. The summed E-state index contributed by atoms with van der Waals surface area (Å²) in [5.41, 5.74) is 0. The van der Waals surface area contributed by atoms with Crippen molar-refractivity contribution in [1.29, 1.82) is 0 Å². The molecule has 0 aromatic heterocycles. The summed E-state index contributed by atoms with van der Waals surface area (Å²) in [6, 6.07) is 0. The summed E-state index contributed by atoms with van der Waals surface area (Å²) in [7, 11) is 3.53. The molecule has 96 valence electrons. The molecule has 5 nitrogen and oxygen atoms in total. The third-order valence-electron chi connectivity index (χ3n) is 2.14. The summed E-state index contributed by atoms with van der Waals surface area (Å²) < 4.78 is 9.60. The van der Waals surface area contributed by atoms with Crippen LogP contribution < -0.4 is 10.6 Å². The lowest BCUT2D eigenvalue weighted by atomic mass is 10.2. The zero-order chi connectivity index (χ0) is 12.1. The Labute approximate surface area is 97.9 Å². The van der Waals surface area contributed by atoms with Crippen LogP contribution in [-0.2, 0) is 9.47 Å².